The average Bonchev–Trinajstić information content (AvgIpc) is 3.41. The number of aromatic nitrogens is 3. The van der Waals surface area contributed by atoms with Crippen molar-refractivity contribution < 1.29 is 21.8 Å². The number of alkyl halides is 3. The molecule has 0 amide bonds. The second-order valence-electron chi connectivity index (χ2n) is 7.24. The number of benzene rings is 2. The molecule has 4 aromatic rings. The summed E-state index contributed by atoms with van der Waals surface area (Å²) in [7, 11) is 2.27. The van der Waals surface area contributed by atoms with Gasteiger partial charge in [-0.15, -0.1) is 15.6 Å². The molecule has 0 radical (unpaired) electrons. The van der Waals surface area contributed by atoms with E-state index in [4.69, 9.17) is 4.74 Å². The molecule has 0 aliphatic carbocycles. The number of imidazole rings is 1. The van der Waals surface area contributed by atoms with Crippen LogP contribution in [0.5, 0.6) is 0 Å². The minimum atomic E-state index is -5.01. The smallest absolute Gasteiger partial charge is 0.358 e. The Labute approximate surface area is 217 Å². The lowest BCUT2D eigenvalue weighted by Crippen LogP contribution is -2.47. The molecule has 4 rings (SSSR count). The van der Waals surface area contributed by atoms with Gasteiger partial charge in [-0.25, -0.2) is 8.96 Å². The Bertz CT molecular complexity index is 1450. The van der Waals surface area contributed by atoms with Gasteiger partial charge in [-0.1, -0.05) is 0 Å². The van der Waals surface area contributed by atoms with Crippen LogP contribution >= 0.6 is 54.4 Å². The highest BCUT2D eigenvalue weighted by molar-refractivity contribution is 14.2. The topological polar surface area (TPSA) is 55.8 Å². The molecule has 0 saturated carbocycles. The van der Waals surface area contributed by atoms with Crippen molar-refractivity contribution >= 4 is 76.4 Å². The van der Waals surface area contributed by atoms with E-state index in [1.807, 2.05) is 13.0 Å². The summed E-state index contributed by atoms with van der Waals surface area (Å²) >= 11 is 2.78. The molecule has 178 valence electrons. The van der Waals surface area contributed by atoms with Crippen molar-refractivity contribution in [3.63, 3.8) is 0 Å². The fourth-order valence-corrected chi connectivity index (χ4v) is 6.77. The first-order valence-corrected chi connectivity index (χ1v) is 14.7. The number of hydrogen-bond donors (Lipinski definition) is 0. The Hall–Kier alpha value is -1.60. The Morgan fingerprint density at radius 3 is 2.50 bits per heavy atom. The van der Waals surface area contributed by atoms with E-state index in [0.29, 0.717) is 15.8 Å². The first kappa shape index (κ1) is 25.5. The van der Waals surface area contributed by atoms with Gasteiger partial charge in [0.25, 0.3) is 0 Å². The zero-order valence-electron chi connectivity index (χ0n) is 17.8. The molecule has 2 heterocycles. The molecular weight excluding hydrogens is 623 g/mol. The van der Waals surface area contributed by atoms with Gasteiger partial charge in [0.1, 0.15) is 0 Å². The Morgan fingerprint density at radius 1 is 1.21 bits per heavy atom. The van der Waals surface area contributed by atoms with Gasteiger partial charge in [0.15, 0.2) is 18.2 Å². The van der Waals surface area contributed by atoms with Crippen LogP contribution < -0.4 is 0 Å². The van der Waals surface area contributed by atoms with Gasteiger partial charge in [0, 0.05) is 59.5 Å². The average molecular weight is 638 g/mol. The molecular formula is C21H15F4IN4OS3. The minimum absolute atomic E-state index is 0.0432. The van der Waals surface area contributed by atoms with E-state index < -0.39 is 29.9 Å². The van der Waals surface area contributed by atoms with Crippen molar-refractivity contribution in [2.45, 2.75) is 23.6 Å². The van der Waals surface area contributed by atoms with Crippen LogP contribution in [0, 0.1) is 18.3 Å². The number of fused-ring (bicyclic) bond motifs is 2. The lowest BCUT2D eigenvalue weighted by molar-refractivity contribution is -0.261. The van der Waals surface area contributed by atoms with Crippen molar-refractivity contribution in [2.75, 3.05) is 13.4 Å². The summed E-state index contributed by atoms with van der Waals surface area (Å²) in [6.07, 6.45) is -1.65. The number of rotatable bonds is 6. The van der Waals surface area contributed by atoms with Crippen LogP contribution in [0.3, 0.4) is 0 Å². The highest BCUT2D eigenvalue weighted by Gasteiger charge is 2.63. The second-order valence-corrected chi connectivity index (χ2v) is 10.3. The van der Waals surface area contributed by atoms with Crippen LogP contribution in [0.2, 0.25) is 0 Å². The number of methoxy groups -OCH3 is 1. The summed E-state index contributed by atoms with van der Waals surface area (Å²) in [4.78, 5) is 4.54. The summed E-state index contributed by atoms with van der Waals surface area (Å²) in [5.74, 6) is -0.671. The monoisotopic (exact) mass is 638 g/mol. The predicted octanol–water partition coefficient (Wildman–Crippen LogP) is 7.57. The standard InChI is InChI=1S/C21H15F4IN4OS3/c1-11-8-16(32-3)17(13-6-7-29(34-26)18(11)13)20(31-2,21(22,23)24)19-28-14-5-4-12(10-27)9-15(14)30(19)33-25/h4-9H,1-3H3. The normalized spacial score (nSPS) is 14.0. The zero-order chi connectivity index (χ0) is 24.8. The van der Waals surface area contributed by atoms with Gasteiger partial charge >= 0.3 is 6.18 Å². The van der Waals surface area contributed by atoms with E-state index in [9.17, 15) is 9.15 Å². The van der Waals surface area contributed by atoms with Crippen LogP contribution in [0.25, 0.3) is 21.9 Å². The fraction of sp³-hybridized carbons (Fsp3) is 0.238. The highest BCUT2D eigenvalue weighted by Crippen LogP contribution is 2.53. The van der Waals surface area contributed by atoms with Crippen LogP contribution in [0.4, 0.5) is 17.1 Å². The minimum Gasteiger partial charge on any atom is -0.358 e. The van der Waals surface area contributed by atoms with Crippen LogP contribution in [0.15, 0.2) is 41.4 Å². The number of ether oxygens (including phenoxy) is 1. The van der Waals surface area contributed by atoms with Gasteiger partial charge in [0.05, 0.1) is 28.2 Å². The fourth-order valence-electron chi connectivity index (χ4n) is 4.16. The van der Waals surface area contributed by atoms with Crippen molar-refractivity contribution in [3.8, 4) is 6.07 Å². The van der Waals surface area contributed by atoms with Crippen molar-refractivity contribution in [1.82, 2.24) is 12.9 Å². The molecule has 0 N–H and O–H groups in total. The molecule has 5 nitrogen and oxygen atoms in total. The molecule has 0 bridgehead atoms. The van der Waals surface area contributed by atoms with Crippen LogP contribution in [0.1, 0.15) is 22.5 Å². The Kier molecular flexibility index (Phi) is 7.09. The van der Waals surface area contributed by atoms with E-state index >= 15 is 13.2 Å². The molecule has 0 fully saturated rings. The van der Waals surface area contributed by atoms with E-state index in [1.54, 1.807) is 28.6 Å². The van der Waals surface area contributed by atoms with Gasteiger partial charge < -0.3 is 4.74 Å². The molecule has 2 aromatic heterocycles. The van der Waals surface area contributed by atoms with Crippen molar-refractivity contribution in [1.29, 1.82) is 5.26 Å². The van der Waals surface area contributed by atoms with E-state index in [-0.39, 0.29) is 22.2 Å². The maximum Gasteiger partial charge on any atom is 0.429 e. The maximum atomic E-state index is 15.2. The maximum absolute atomic E-state index is 15.2. The van der Waals surface area contributed by atoms with E-state index in [0.717, 1.165) is 28.4 Å². The predicted molar refractivity (Wildman–Crippen MR) is 138 cm³/mol. The molecule has 2 aromatic carbocycles. The molecule has 0 aliphatic heterocycles. The van der Waals surface area contributed by atoms with Gasteiger partial charge in [0.2, 0.25) is 5.60 Å². The summed E-state index contributed by atoms with van der Waals surface area (Å²) < 4.78 is 67.7. The van der Waals surface area contributed by atoms with Gasteiger partial charge in [-0.3, -0.25) is 3.97 Å². The molecule has 0 saturated heterocycles. The number of hydrogen-bond acceptors (Lipinski definition) is 6. The molecule has 0 aliphatic rings. The summed E-state index contributed by atoms with van der Waals surface area (Å²) in [6, 6.07) is 9.31. The Balaban J connectivity index is 2.22. The molecule has 1 atom stereocenters. The lowest BCUT2D eigenvalue weighted by atomic mass is 9.88. The number of nitrogens with zero attached hydrogens (tertiary/aromatic N) is 4. The molecule has 1 unspecified atom stereocenters. The summed E-state index contributed by atoms with van der Waals surface area (Å²) in [6.45, 7) is 1.83. The lowest BCUT2D eigenvalue weighted by Gasteiger charge is -2.35. The molecule has 0 spiro atoms. The molecule has 34 heavy (non-hydrogen) atoms. The number of halogens is 5. The third-order valence-electron chi connectivity index (χ3n) is 5.57. The van der Waals surface area contributed by atoms with Gasteiger partial charge in [-0.2, -0.15) is 18.4 Å². The number of nitriles is 1. The second kappa shape index (κ2) is 9.45. The first-order valence-electron chi connectivity index (χ1n) is 9.50. The third kappa shape index (κ3) is 3.69. The number of aryl methyl sites for hydroxylation is 1. The quantitative estimate of drug-likeness (QED) is 0.123. The highest BCUT2D eigenvalue weighted by atomic mass is 127. The van der Waals surface area contributed by atoms with E-state index in [2.05, 4.69) is 26.2 Å². The van der Waals surface area contributed by atoms with Crippen LogP contribution in [-0.4, -0.2) is 32.5 Å². The zero-order valence-corrected chi connectivity index (χ0v) is 22.4. The molecule has 13 heteroatoms. The Morgan fingerprint density at radius 2 is 1.94 bits per heavy atom. The largest absolute Gasteiger partial charge is 0.429 e. The third-order valence-corrected chi connectivity index (χ3v) is 8.56. The van der Waals surface area contributed by atoms with Crippen molar-refractivity contribution in [3.05, 3.63) is 59.0 Å². The first-order chi connectivity index (χ1) is 16.2. The SMILES string of the molecule is COC(c1c(SC)cc(C)c2c1ccn2SI)(c1nc2ccc(C#N)cc2n1SF)C(F)(F)F. The summed E-state index contributed by atoms with van der Waals surface area (Å²) in [5.41, 5.74) is -1.55. The van der Waals surface area contributed by atoms with Crippen LogP contribution in [-0.2, 0) is 10.3 Å². The van der Waals surface area contributed by atoms with E-state index in [1.165, 1.54) is 27.3 Å². The van der Waals surface area contributed by atoms with Gasteiger partial charge in [-0.05, 0) is 49.1 Å². The van der Waals surface area contributed by atoms with Crippen molar-refractivity contribution in [2.24, 2.45) is 0 Å². The summed E-state index contributed by atoms with van der Waals surface area (Å²) in [5, 5.41) is 9.55. The number of thioether (sulfide) groups is 1.